The topological polar surface area (TPSA) is 286 Å². The van der Waals surface area contributed by atoms with Gasteiger partial charge in [0.1, 0.15) is 24.2 Å². The molecular formula is C48H69Br4Cl3K2N12O7S. The Morgan fingerprint density at radius 2 is 1.03 bits per heavy atom. The fourth-order valence-electron chi connectivity index (χ4n) is 6.18. The number of aliphatic hydroxyl groups is 2. The van der Waals surface area contributed by atoms with E-state index in [9.17, 15) is 4.79 Å². The van der Waals surface area contributed by atoms with Crippen LogP contribution in [-0.4, -0.2) is 145 Å². The van der Waals surface area contributed by atoms with Gasteiger partial charge in [0, 0.05) is 103 Å². The molecule has 0 aromatic carbocycles. The monoisotopic (exact) mass is 1460 g/mol. The molecule has 0 spiro atoms. The van der Waals surface area contributed by atoms with E-state index in [2.05, 4.69) is 175 Å². The number of alkyl halides is 1. The molecule has 0 unspecified atom stereocenters. The number of aliphatic hydroxyl groups excluding tert-OH is 2. The van der Waals surface area contributed by atoms with E-state index in [-0.39, 0.29) is 123 Å². The zero-order valence-electron chi connectivity index (χ0n) is 45.7. The first-order chi connectivity index (χ1) is 35.3. The standard InChI is InChI=1S/C13H20BrN3.C13H22N4.C6H5BrClN.C6H6BrNO.C6H4BrNO.C2H3N.CH2O3.CH4O.Cl2OS.2K.H3N.H/c2*1-16(2)12-5-7-17(8-6-12)10-11-3-4-13(14)15-9-11;7-6-2-1-5(3-8)4-9-6;2*7-6-2-1-5(4-9)3-8-6;1-2-3;2-1-4-3;1-2;1-4(2)3;;;;/h3-4,9,12H,5-8,10H2,1-2H3;3-4,9,12H,5-8,10H2,1-2H3,(H2,14,15);1-2,4H,3H2;1-3,9H,4H2;1-4H;1H3;1,3H;2H,1H3;;;;1H3;/q;;;;;;;;;2*+1;;-1/p-1. The third-order valence-electron chi connectivity index (χ3n) is 9.86. The van der Waals surface area contributed by atoms with Crippen molar-refractivity contribution in [1.82, 2.24) is 50.7 Å². The van der Waals surface area contributed by atoms with Crippen molar-refractivity contribution in [2.75, 3.05) is 67.2 Å². The van der Waals surface area contributed by atoms with Crippen molar-refractivity contribution in [3.8, 4) is 6.07 Å². The first kappa shape index (κ1) is 85.9. The Morgan fingerprint density at radius 1 is 0.714 bits per heavy atom. The Morgan fingerprint density at radius 3 is 1.27 bits per heavy atom. The zero-order valence-corrected chi connectivity index (χ0v) is 60.4. The number of aromatic nitrogens is 5. The van der Waals surface area contributed by atoms with Crippen LogP contribution in [0.3, 0.4) is 0 Å². The van der Waals surface area contributed by atoms with Gasteiger partial charge in [-0.15, -0.1) is 11.6 Å². The van der Waals surface area contributed by atoms with Crippen molar-refractivity contribution in [3.63, 3.8) is 0 Å². The van der Waals surface area contributed by atoms with E-state index in [4.69, 9.17) is 47.1 Å². The predicted molar refractivity (Wildman–Crippen MR) is 314 cm³/mol. The van der Waals surface area contributed by atoms with Gasteiger partial charge in [-0.1, -0.05) is 24.3 Å². The number of pyridine rings is 5. The molecule has 77 heavy (non-hydrogen) atoms. The van der Waals surface area contributed by atoms with E-state index in [1.54, 1.807) is 36.7 Å². The van der Waals surface area contributed by atoms with E-state index in [1.807, 2.05) is 42.7 Å². The Hall–Kier alpha value is 0.0727. The number of aldehydes is 1. The molecule has 0 radical (unpaired) electrons. The maximum absolute atomic E-state index is 10.1. The van der Waals surface area contributed by atoms with Crippen LogP contribution >= 0.6 is 96.7 Å². The van der Waals surface area contributed by atoms with Crippen LogP contribution in [0, 0.1) is 11.3 Å². The molecule has 5 aromatic rings. The van der Waals surface area contributed by atoms with Crippen LogP contribution in [0.25, 0.3) is 0 Å². The molecule has 0 saturated carbocycles. The van der Waals surface area contributed by atoms with Gasteiger partial charge in [0.15, 0.2) is 6.29 Å². The Kier molecular flexibility index (Phi) is 63.1. The molecule has 2 saturated heterocycles. The van der Waals surface area contributed by atoms with Crippen molar-refractivity contribution < 1.29 is 138 Å². The smallest absolute Gasteiger partial charge is 1.00 e. The van der Waals surface area contributed by atoms with Crippen molar-refractivity contribution in [3.05, 3.63) is 138 Å². The fraction of sp³-hybridized carbons (Fsp3) is 0.417. The summed E-state index contributed by atoms with van der Waals surface area (Å²) in [6.07, 6.45) is 14.6. The van der Waals surface area contributed by atoms with E-state index in [1.165, 1.54) is 76.1 Å². The number of hydrogen-bond donors (Lipinski definition) is 4. The number of nitriles is 1. The first-order valence-electron chi connectivity index (χ1n) is 22.1. The molecule has 0 aliphatic carbocycles. The van der Waals surface area contributed by atoms with Crippen LogP contribution in [0.2, 0.25) is 0 Å². The molecule has 19 nitrogen and oxygen atoms in total. The predicted octanol–water partition coefficient (Wildman–Crippen LogP) is 3.03. The number of carbonyl (C=O) groups is 2. The second kappa shape index (κ2) is 56.5. The summed E-state index contributed by atoms with van der Waals surface area (Å²) in [5, 5.41) is 31.3. The Bertz CT molecular complexity index is 2120. The summed E-state index contributed by atoms with van der Waals surface area (Å²) in [6, 6.07) is 22.2. The van der Waals surface area contributed by atoms with Gasteiger partial charge in [-0.3, -0.25) is 19.4 Å². The molecule has 7 rings (SSSR count). The summed E-state index contributed by atoms with van der Waals surface area (Å²) in [4.78, 5) is 51.1. The third-order valence-corrected chi connectivity index (χ3v) is 12.0. The second-order valence-electron chi connectivity index (χ2n) is 15.4. The normalized spacial score (nSPS) is 12.5. The fourth-order valence-corrected chi connectivity index (χ4v) is 7.27. The van der Waals surface area contributed by atoms with Gasteiger partial charge in [-0.25, -0.2) is 29.1 Å². The summed E-state index contributed by atoms with van der Waals surface area (Å²) >= 11 is 18.4. The van der Waals surface area contributed by atoms with Crippen LogP contribution < -0.4 is 120 Å². The average molecular weight is 1460 g/mol. The summed E-state index contributed by atoms with van der Waals surface area (Å²) in [5.74, 6) is 1.13. The van der Waals surface area contributed by atoms with Crippen molar-refractivity contribution in [2.24, 2.45) is 0 Å². The van der Waals surface area contributed by atoms with E-state index >= 15 is 0 Å². The number of rotatable bonds is 10. The summed E-state index contributed by atoms with van der Waals surface area (Å²) in [5.41, 5.74) is 10.6. The summed E-state index contributed by atoms with van der Waals surface area (Å²) in [7, 11) is 17.1. The average Bonchev–Trinajstić information content (AvgIpc) is 3.40. The number of piperidine rings is 2. The minimum atomic E-state index is -1.67. The third kappa shape index (κ3) is 48.2. The molecule has 5 aromatic heterocycles. The quantitative estimate of drug-likeness (QED) is 0.0297. The number of carbonyl (C=O) groups excluding carboxylic acids is 2. The number of halogens is 7. The molecular weight excluding hydrogens is 1390 g/mol. The maximum atomic E-state index is 10.1. The minimum absolute atomic E-state index is 0. The van der Waals surface area contributed by atoms with Crippen molar-refractivity contribution in [1.29, 1.82) is 5.26 Å². The molecule has 0 atom stereocenters. The summed E-state index contributed by atoms with van der Waals surface area (Å²) < 4.78 is 12.4. The zero-order chi connectivity index (χ0) is 56.3. The Balaban J connectivity index is -0.000000198. The second-order valence-corrected chi connectivity index (χ2v) is 21.5. The van der Waals surface area contributed by atoms with Gasteiger partial charge < -0.3 is 43.5 Å². The first-order valence-corrected chi connectivity index (χ1v) is 28.6. The van der Waals surface area contributed by atoms with Crippen LogP contribution in [0.15, 0.2) is 110 Å². The molecule has 2 aliphatic rings. The van der Waals surface area contributed by atoms with Crippen LogP contribution in [0.5, 0.6) is 0 Å². The molecule has 0 amide bonds. The van der Waals surface area contributed by atoms with Gasteiger partial charge in [-0.05, 0) is 202 Å². The van der Waals surface area contributed by atoms with Gasteiger partial charge in [0.05, 0.1) is 12.7 Å². The number of nitrogens with zero attached hydrogens (tertiary/aromatic N) is 10. The van der Waals surface area contributed by atoms with Crippen LogP contribution in [0.1, 0.15) is 66.6 Å². The number of hydrogen-bond acceptors (Lipinski definition) is 19. The molecule has 0 bridgehead atoms. The minimum Gasteiger partial charge on any atom is -1.00 e. The van der Waals surface area contributed by atoms with Crippen LogP contribution in [-0.2, 0) is 44.5 Å². The molecule has 2 fully saturated rings. The SMILES string of the molecule is CC#N.CN(C)C1CCN(Cc2ccc(Br)nc2)CC1.CN(C)C1CCN(Cc2ccc(N)nc2)CC1.CO.ClCc1ccc(Br)nc1.N.O=CO[O-].O=Cc1ccc(Br)nc1.O=S(Cl)Cl.OCc1ccc(Br)nc1.[H-].[K+].[K+]. The van der Waals surface area contributed by atoms with E-state index in [0.717, 1.165) is 68.1 Å². The molecule has 29 heteroatoms. The van der Waals surface area contributed by atoms with Crippen LogP contribution in [0.4, 0.5) is 5.82 Å². The number of anilines is 1. The molecule has 2 aliphatic heterocycles. The number of nitrogen functional groups attached to an aromatic ring is 1. The van der Waals surface area contributed by atoms with E-state index in [0.29, 0.717) is 17.3 Å². The Labute approximate surface area is 591 Å². The molecule has 420 valence electrons. The van der Waals surface area contributed by atoms with Gasteiger partial charge in [0.2, 0.25) is 9.23 Å². The largest absolute Gasteiger partial charge is 1.00 e. The molecule has 7 N–H and O–H groups in total. The van der Waals surface area contributed by atoms with Gasteiger partial charge in [0.25, 0.3) is 6.47 Å². The molecule has 7 heterocycles. The van der Waals surface area contributed by atoms with E-state index < -0.39 is 9.23 Å². The number of likely N-dealkylation sites (tertiary alicyclic amines) is 2. The maximum Gasteiger partial charge on any atom is 1.00 e. The number of nitrogens with two attached hydrogens (primary N) is 1. The van der Waals surface area contributed by atoms with Gasteiger partial charge >= 0.3 is 103 Å². The summed E-state index contributed by atoms with van der Waals surface area (Å²) in [6.45, 7) is 8.06. The van der Waals surface area contributed by atoms with Crippen molar-refractivity contribution >= 4 is 124 Å². The van der Waals surface area contributed by atoms with Crippen molar-refractivity contribution in [2.45, 2.75) is 70.3 Å². The van der Waals surface area contributed by atoms with Gasteiger partial charge in [-0.2, -0.15) is 5.26 Å².